The molecule has 0 radical (unpaired) electrons. The Hall–Kier alpha value is -3.45. The minimum Gasteiger partial charge on any atom is -0.457 e. The molecule has 6 nitrogen and oxygen atoms in total. The smallest absolute Gasteiger partial charge is 0.338 e. The van der Waals surface area contributed by atoms with E-state index in [1.807, 2.05) is 0 Å². The standard InChI is InChI=1S/C28H27N3O3.2ClH/c1-18-3-10-25(19(2)13-18)28(33)34-17-20-4-6-21(7-5-20)26(15-29)27(32)31-24-9-8-23-16-30-12-11-22(23)14-24;;/h3-14,16,26H,15,17,29H2,1-2H3,(H,31,32);2*1H/i1D3,2D3,15D2;;. The number of nitrogens with zero attached hydrogens (tertiary/aromatic N) is 1. The average molecular weight is 535 g/mol. The zero-order chi connectivity index (χ0) is 30.9. The highest BCUT2D eigenvalue weighted by Crippen LogP contribution is 2.22. The summed E-state index contributed by atoms with van der Waals surface area (Å²) in [6.07, 6.45) is 3.31. The highest BCUT2D eigenvalue weighted by molar-refractivity contribution is 5.98. The molecule has 0 aliphatic carbocycles. The topological polar surface area (TPSA) is 94.3 Å². The summed E-state index contributed by atoms with van der Waals surface area (Å²) in [5.41, 5.74) is 6.05. The van der Waals surface area contributed by atoms with Gasteiger partial charge in [0.05, 0.1) is 11.5 Å². The number of benzene rings is 3. The van der Waals surface area contributed by atoms with Crippen LogP contribution in [0.25, 0.3) is 10.8 Å². The molecule has 0 saturated carbocycles. The number of hydrogen-bond acceptors (Lipinski definition) is 5. The van der Waals surface area contributed by atoms with Crippen molar-refractivity contribution in [2.45, 2.75) is 26.2 Å². The summed E-state index contributed by atoms with van der Waals surface area (Å²) in [6.45, 7) is -7.98. The summed E-state index contributed by atoms with van der Waals surface area (Å²) in [4.78, 5) is 30.0. The van der Waals surface area contributed by atoms with E-state index in [4.69, 9.17) is 21.4 Å². The van der Waals surface area contributed by atoms with Gasteiger partial charge in [0.15, 0.2) is 0 Å². The number of halogens is 2. The van der Waals surface area contributed by atoms with Crippen LogP contribution >= 0.6 is 24.8 Å². The predicted octanol–water partition coefficient (Wildman–Crippen LogP) is 5.73. The summed E-state index contributed by atoms with van der Waals surface area (Å²) in [5.74, 6) is -2.99. The zero-order valence-corrected chi connectivity index (χ0v) is 20.5. The zero-order valence-electron chi connectivity index (χ0n) is 26.9. The molecule has 1 heterocycles. The molecule has 4 aromatic rings. The molecule has 0 aliphatic rings. The first-order chi connectivity index (χ1) is 19.5. The molecule has 1 atom stereocenters. The molecule has 1 unspecified atom stereocenters. The number of aromatic nitrogens is 1. The van der Waals surface area contributed by atoms with Crippen LogP contribution < -0.4 is 11.1 Å². The number of carbonyl (C=O) groups is 2. The number of fused-ring (bicyclic) bond motifs is 1. The first kappa shape index (κ1) is 18.8. The van der Waals surface area contributed by atoms with E-state index in [0.29, 0.717) is 11.3 Å². The third-order valence-corrected chi connectivity index (χ3v) is 5.26. The van der Waals surface area contributed by atoms with Crippen molar-refractivity contribution in [3.8, 4) is 0 Å². The van der Waals surface area contributed by atoms with Crippen molar-refractivity contribution in [3.05, 3.63) is 107 Å². The third kappa shape index (κ3) is 6.82. The minimum absolute atomic E-state index is 0. The average Bonchev–Trinajstić information content (AvgIpc) is 2.90. The van der Waals surface area contributed by atoms with Crippen molar-refractivity contribution in [2.24, 2.45) is 5.73 Å². The van der Waals surface area contributed by atoms with Gasteiger partial charge in [-0.2, -0.15) is 0 Å². The summed E-state index contributed by atoms with van der Waals surface area (Å²) in [6, 6.07) is 16.3. The van der Waals surface area contributed by atoms with E-state index in [2.05, 4.69) is 10.3 Å². The van der Waals surface area contributed by atoms with Gasteiger partial charge in [0.25, 0.3) is 0 Å². The molecule has 0 bridgehead atoms. The lowest BCUT2D eigenvalue weighted by Gasteiger charge is -2.16. The lowest BCUT2D eigenvalue weighted by atomic mass is 9.97. The Balaban J connectivity index is 0.00000337. The van der Waals surface area contributed by atoms with Crippen LogP contribution in [0.3, 0.4) is 0 Å². The lowest BCUT2D eigenvalue weighted by molar-refractivity contribution is -0.117. The number of ether oxygens (including phenoxy) is 1. The van der Waals surface area contributed by atoms with Crippen LogP contribution in [0.2, 0.25) is 0 Å². The Morgan fingerprint density at radius 2 is 1.83 bits per heavy atom. The van der Waals surface area contributed by atoms with Crippen molar-refractivity contribution in [3.63, 3.8) is 0 Å². The maximum Gasteiger partial charge on any atom is 0.338 e. The van der Waals surface area contributed by atoms with E-state index in [0.717, 1.165) is 29.0 Å². The van der Waals surface area contributed by atoms with Crippen LogP contribution in [0.4, 0.5) is 5.69 Å². The van der Waals surface area contributed by atoms with Crippen molar-refractivity contribution in [1.29, 1.82) is 0 Å². The first-order valence-corrected chi connectivity index (χ1v) is 10.4. The molecule has 188 valence electrons. The molecule has 36 heavy (non-hydrogen) atoms. The van der Waals surface area contributed by atoms with E-state index in [9.17, 15) is 9.59 Å². The number of amides is 1. The van der Waals surface area contributed by atoms with Gasteiger partial charge in [-0.1, -0.05) is 48.0 Å². The SMILES string of the molecule is Cl.Cl.[2H]C([2H])([2H])c1ccc(C(=O)OCc2ccc(C(C(=O)Nc3ccc4cnccc4c3)C([2H])([2H])N)cc2)c(C([2H])([2H])[2H])c1. The normalized spacial score (nSPS) is 15.5. The fourth-order valence-corrected chi connectivity index (χ4v) is 3.45. The molecule has 0 saturated heterocycles. The fraction of sp³-hybridized carbons (Fsp3) is 0.179. The Kier molecular flexibility index (Phi) is 6.79. The highest BCUT2D eigenvalue weighted by Gasteiger charge is 2.19. The number of rotatable bonds is 7. The summed E-state index contributed by atoms with van der Waals surface area (Å²) in [7, 11) is 0. The molecular weight excluding hydrogens is 497 g/mol. The van der Waals surface area contributed by atoms with Gasteiger partial charge >= 0.3 is 5.97 Å². The Morgan fingerprint density at radius 1 is 1.03 bits per heavy atom. The van der Waals surface area contributed by atoms with Gasteiger partial charge in [0.2, 0.25) is 5.91 Å². The van der Waals surface area contributed by atoms with E-state index < -0.39 is 43.6 Å². The number of aryl methyl sites for hydroxylation is 2. The van der Waals surface area contributed by atoms with Crippen molar-refractivity contribution >= 4 is 53.2 Å². The van der Waals surface area contributed by atoms with Crippen molar-refractivity contribution in [1.82, 2.24) is 4.98 Å². The summed E-state index contributed by atoms with van der Waals surface area (Å²) >= 11 is 0. The van der Waals surface area contributed by atoms with Crippen LogP contribution in [0.1, 0.15) is 49.5 Å². The molecule has 8 heteroatoms. The van der Waals surface area contributed by atoms with Crippen molar-refractivity contribution < 1.29 is 25.3 Å². The van der Waals surface area contributed by atoms with Crippen LogP contribution in [0.15, 0.2) is 79.1 Å². The van der Waals surface area contributed by atoms with E-state index in [1.54, 1.807) is 36.7 Å². The van der Waals surface area contributed by atoms with Gasteiger partial charge < -0.3 is 15.8 Å². The fourth-order valence-electron chi connectivity index (χ4n) is 3.45. The number of anilines is 1. The second-order valence-electron chi connectivity index (χ2n) is 7.60. The summed E-state index contributed by atoms with van der Waals surface area (Å²) < 4.78 is 67.2. The summed E-state index contributed by atoms with van der Waals surface area (Å²) in [5, 5.41) is 4.43. The number of nitrogens with one attached hydrogen (secondary N) is 1. The van der Waals surface area contributed by atoms with Gasteiger partial charge in [-0.25, -0.2) is 4.79 Å². The molecule has 3 aromatic carbocycles. The Bertz CT molecular complexity index is 1630. The van der Waals surface area contributed by atoms with Crippen LogP contribution in [0, 0.1) is 13.7 Å². The molecule has 0 aliphatic heterocycles. The van der Waals surface area contributed by atoms with Gasteiger partial charge in [-0.05, 0) is 60.0 Å². The maximum absolute atomic E-state index is 13.2. The minimum atomic E-state index is -2.75. The Labute approximate surface area is 234 Å². The van der Waals surface area contributed by atoms with Gasteiger partial charge in [-0.3, -0.25) is 9.78 Å². The molecule has 0 spiro atoms. The van der Waals surface area contributed by atoms with Crippen molar-refractivity contribution in [2.75, 3.05) is 11.8 Å². The van der Waals surface area contributed by atoms with E-state index in [-0.39, 0.29) is 48.1 Å². The maximum atomic E-state index is 13.2. The Morgan fingerprint density at radius 3 is 2.56 bits per heavy atom. The molecule has 4 rings (SSSR count). The largest absolute Gasteiger partial charge is 0.457 e. The number of esters is 1. The number of nitrogens with two attached hydrogens (primary N) is 1. The van der Waals surface area contributed by atoms with Gasteiger partial charge in [-0.15, -0.1) is 24.8 Å². The third-order valence-electron chi connectivity index (χ3n) is 5.26. The monoisotopic (exact) mass is 533 g/mol. The number of carbonyl (C=O) groups excluding carboxylic acids is 2. The lowest BCUT2D eigenvalue weighted by Crippen LogP contribution is -2.27. The molecule has 0 fully saturated rings. The van der Waals surface area contributed by atoms with Gasteiger partial charge in [0, 0.05) is 40.9 Å². The van der Waals surface area contributed by atoms with Crippen LogP contribution in [-0.2, 0) is 16.1 Å². The van der Waals surface area contributed by atoms with Crippen LogP contribution in [-0.4, -0.2) is 23.4 Å². The number of pyridine rings is 1. The quantitative estimate of drug-likeness (QED) is 0.295. The predicted molar refractivity (Wildman–Crippen MR) is 148 cm³/mol. The second-order valence-corrected chi connectivity index (χ2v) is 7.60. The number of hydrogen-bond donors (Lipinski definition) is 2. The van der Waals surface area contributed by atoms with E-state index in [1.165, 1.54) is 24.3 Å². The van der Waals surface area contributed by atoms with Gasteiger partial charge in [0.1, 0.15) is 6.61 Å². The molecule has 1 amide bonds. The molecule has 1 aromatic heterocycles. The van der Waals surface area contributed by atoms with E-state index >= 15 is 0 Å². The molecule has 3 N–H and O–H groups in total. The first-order valence-electron chi connectivity index (χ1n) is 14.4. The van der Waals surface area contributed by atoms with Crippen LogP contribution in [0.5, 0.6) is 0 Å². The highest BCUT2D eigenvalue weighted by atomic mass is 35.5. The molecular formula is C28H29Cl2N3O3. The second kappa shape index (κ2) is 13.0.